The number of nitrogens with one attached hydrogen (secondary N) is 1. The van der Waals surface area contributed by atoms with Crippen LogP contribution in [0.15, 0.2) is 0 Å². The maximum absolute atomic E-state index is 11.6. The molecule has 3 N–H and O–H groups in total. The molecule has 1 atom stereocenters. The minimum absolute atomic E-state index is 0.0582. The molecule has 0 aliphatic rings. The van der Waals surface area contributed by atoms with Crippen molar-refractivity contribution in [1.82, 2.24) is 10.2 Å². The molecule has 4 nitrogen and oxygen atoms in total. The second-order valence-electron chi connectivity index (χ2n) is 4.18. The van der Waals surface area contributed by atoms with Crippen molar-refractivity contribution in [3.63, 3.8) is 0 Å². The lowest BCUT2D eigenvalue weighted by Crippen LogP contribution is -2.40. The van der Waals surface area contributed by atoms with E-state index in [1.807, 2.05) is 32.8 Å². The monoisotopic (exact) mass is 201 g/mol. The highest BCUT2D eigenvalue weighted by Crippen LogP contribution is 2.08. The van der Waals surface area contributed by atoms with Gasteiger partial charge in [-0.25, -0.2) is 0 Å². The lowest BCUT2D eigenvalue weighted by Gasteiger charge is -2.19. The molecular formula is C10H23N3O. The highest BCUT2D eigenvalue weighted by atomic mass is 16.1. The maximum Gasteiger partial charge on any atom is 0.224 e. The SMILES string of the molecule is CC(C)C(CN)C(=O)NCCN(C)C. The molecule has 0 fully saturated rings. The van der Waals surface area contributed by atoms with Crippen LogP contribution in [0.3, 0.4) is 0 Å². The Labute approximate surface area is 86.8 Å². The predicted octanol–water partition coefficient (Wildman–Crippen LogP) is -0.105. The zero-order chi connectivity index (χ0) is 11.1. The number of carbonyl (C=O) groups is 1. The Morgan fingerprint density at radius 1 is 1.43 bits per heavy atom. The van der Waals surface area contributed by atoms with Crippen LogP contribution in [0.1, 0.15) is 13.8 Å². The summed E-state index contributed by atoms with van der Waals surface area (Å²) in [5.74, 6) is 0.320. The van der Waals surface area contributed by atoms with Crippen LogP contribution in [0.4, 0.5) is 0 Å². The number of rotatable bonds is 6. The first-order valence-corrected chi connectivity index (χ1v) is 5.11. The Bertz CT molecular complexity index is 169. The molecule has 4 heteroatoms. The van der Waals surface area contributed by atoms with Gasteiger partial charge in [0.05, 0.1) is 5.92 Å². The van der Waals surface area contributed by atoms with Crippen LogP contribution >= 0.6 is 0 Å². The number of amides is 1. The third-order valence-electron chi connectivity index (χ3n) is 2.25. The van der Waals surface area contributed by atoms with E-state index in [2.05, 4.69) is 5.32 Å². The maximum atomic E-state index is 11.6. The largest absolute Gasteiger partial charge is 0.355 e. The third kappa shape index (κ3) is 5.19. The van der Waals surface area contributed by atoms with E-state index in [-0.39, 0.29) is 11.8 Å². The highest BCUT2D eigenvalue weighted by molar-refractivity contribution is 5.79. The summed E-state index contributed by atoms with van der Waals surface area (Å²) in [6.07, 6.45) is 0. The van der Waals surface area contributed by atoms with Crippen molar-refractivity contribution in [2.75, 3.05) is 33.7 Å². The van der Waals surface area contributed by atoms with E-state index < -0.39 is 0 Å². The molecule has 84 valence electrons. The van der Waals surface area contributed by atoms with Gasteiger partial charge in [0, 0.05) is 19.6 Å². The van der Waals surface area contributed by atoms with Gasteiger partial charge in [0.25, 0.3) is 0 Å². The second kappa shape index (κ2) is 6.79. The molecule has 1 unspecified atom stereocenters. The molecule has 1 amide bonds. The molecule has 0 saturated carbocycles. The molecule has 0 rings (SSSR count). The van der Waals surface area contributed by atoms with Gasteiger partial charge < -0.3 is 16.0 Å². The van der Waals surface area contributed by atoms with Crippen LogP contribution in [-0.4, -0.2) is 44.5 Å². The summed E-state index contributed by atoms with van der Waals surface area (Å²) in [4.78, 5) is 13.6. The van der Waals surface area contributed by atoms with Crippen LogP contribution in [0.2, 0.25) is 0 Å². The van der Waals surface area contributed by atoms with Gasteiger partial charge in [-0.15, -0.1) is 0 Å². The van der Waals surface area contributed by atoms with Crippen molar-refractivity contribution in [3.8, 4) is 0 Å². The van der Waals surface area contributed by atoms with Crippen LogP contribution in [0.25, 0.3) is 0 Å². The van der Waals surface area contributed by atoms with E-state index in [1.54, 1.807) is 0 Å². The summed E-state index contributed by atoms with van der Waals surface area (Å²) < 4.78 is 0. The molecule has 0 saturated heterocycles. The smallest absolute Gasteiger partial charge is 0.224 e. The van der Waals surface area contributed by atoms with Crippen molar-refractivity contribution in [1.29, 1.82) is 0 Å². The van der Waals surface area contributed by atoms with Crippen molar-refractivity contribution in [2.45, 2.75) is 13.8 Å². The van der Waals surface area contributed by atoms with Crippen molar-refractivity contribution in [3.05, 3.63) is 0 Å². The number of hydrogen-bond acceptors (Lipinski definition) is 3. The summed E-state index contributed by atoms with van der Waals surface area (Å²) in [5.41, 5.74) is 5.53. The molecule has 0 bridgehead atoms. The molecule has 0 aliphatic heterocycles. The summed E-state index contributed by atoms with van der Waals surface area (Å²) >= 11 is 0. The summed E-state index contributed by atoms with van der Waals surface area (Å²) in [5, 5.41) is 2.89. The quantitative estimate of drug-likeness (QED) is 0.630. The van der Waals surface area contributed by atoms with Crippen molar-refractivity contribution < 1.29 is 4.79 Å². The van der Waals surface area contributed by atoms with E-state index in [0.717, 1.165) is 6.54 Å². The molecule has 0 aromatic carbocycles. The molecule has 0 spiro atoms. The molecule has 0 radical (unpaired) electrons. The zero-order valence-corrected chi connectivity index (χ0v) is 9.71. The molecule has 0 heterocycles. The van der Waals surface area contributed by atoms with Crippen LogP contribution < -0.4 is 11.1 Å². The fraction of sp³-hybridized carbons (Fsp3) is 0.900. The Morgan fingerprint density at radius 2 is 2.00 bits per heavy atom. The fourth-order valence-electron chi connectivity index (χ4n) is 1.22. The van der Waals surface area contributed by atoms with E-state index >= 15 is 0 Å². The normalized spacial score (nSPS) is 13.4. The number of nitrogens with zero attached hydrogens (tertiary/aromatic N) is 1. The standard InChI is InChI=1S/C10H23N3O/c1-8(2)9(7-11)10(14)12-5-6-13(3)4/h8-9H,5-7,11H2,1-4H3,(H,12,14). The summed E-state index contributed by atoms with van der Waals surface area (Å²) in [6.45, 7) is 6.01. The lowest BCUT2D eigenvalue weighted by molar-refractivity contribution is -0.125. The molecule has 0 aromatic rings. The molecule has 14 heavy (non-hydrogen) atoms. The van der Waals surface area contributed by atoms with Gasteiger partial charge in [-0.1, -0.05) is 13.8 Å². The highest BCUT2D eigenvalue weighted by Gasteiger charge is 2.19. The Kier molecular flexibility index (Phi) is 6.49. The van der Waals surface area contributed by atoms with Gasteiger partial charge in [-0.3, -0.25) is 4.79 Å². The minimum atomic E-state index is -0.0582. The minimum Gasteiger partial charge on any atom is -0.355 e. The van der Waals surface area contributed by atoms with E-state index in [9.17, 15) is 4.79 Å². The van der Waals surface area contributed by atoms with E-state index in [0.29, 0.717) is 19.0 Å². The van der Waals surface area contributed by atoms with Gasteiger partial charge in [0.2, 0.25) is 5.91 Å². The predicted molar refractivity (Wildman–Crippen MR) is 58.9 cm³/mol. The molecule has 0 aromatic heterocycles. The van der Waals surface area contributed by atoms with Gasteiger partial charge in [-0.05, 0) is 20.0 Å². The van der Waals surface area contributed by atoms with Crippen molar-refractivity contribution in [2.24, 2.45) is 17.6 Å². The molecular weight excluding hydrogens is 178 g/mol. The lowest BCUT2D eigenvalue weighted by atomic mass is 9.95. The first-order chi connectivity index (χ1) is 6.49. The Morgan fingerprint density at radius 3 is 2.36 bits per heavy atom. The number of likely N-dealkylation sites (N-methyl/N-ethyl adjacent to an activating group) is 1. The average molecular weight is 201 g/mol. The van der Waals surface area contributed by atoms with Gasteiger partial charge in [-0.2, -0.15) is 0 Å². The fourth-order valence-corrected chi connectivity index (χ4v) is 1.22. The van der Waals surface area contributed by atoms with Crippen LogP contribution in [0, 0.1) is 11.8 Å². The topological polar surface area (TPSA) is 58.4 Å². The van der Waals surface area contributed by atoms with Crippen LogP contribution in [0.5, 0.6) is 0 Å². The van der Waals surface area contributed by atoms with Crippen LogP contribution in [-0.2, 0) is 4.79 Å². The van der Waals surface area contributed by atoms with Gasteiger partial charge in [0.1, 0.15) is 0 Å². The third-order valence-corrected chi connectivity index (χ3v) is 2.25. The number of nitrogens with two attached hydrogens (primary N) is 1. The number of carbonyl (C=O) groups excluding carboxylic acids is 1. The van der Waals surface area contributed by atoms with E-state index in [1.165, 1.54) is 0 Å². The first kappa shape index (κ1) is 13.4. The van der Waals surface area contributed by atoms with Gasteiger partial charge >= 0.3 is 0 Å². The van der Waals surface area contributed by atoms with Gasteiger partial charge in [0.15, 0.2) is 0 Å². The zero-order valence-electron chi connectivity index (χ0n) is 9.71. The number of hydrogen-bond donors (Lipinski definition) is 2. The Balaban J connectivity index is 3.81. The van der Waals surface area contributed by atoms with E-state index in [4.69, 9.17) is 5.73 Å². The van der Waals surface area contributed by atoms with Crippen molar-refractivity contribution >= 4 is 5.91 Å². The Hall–Kier alpha value is -0.610. The average Bonchev–Trinajstić information content (AvgIpc) is 2.03. The summed E-state index contributed by atoms with van der Waals surface area (Å²) in [7, 11) is 3.96. The first-order valence-electron chi connectivity index (χ1n) is 5.11. The second-order valence-corrected chi connectivity index (χ2v) is 4.18. The molecule has 0 aliphatic carbocycles. The summed E-state index contributed by atoms with van der Waals surface area (Å²) in [6, 6.07) is 0.